The molecule has 0 aliphatic heterocycles. The molecule has 5 nitrogen and oxygen atoms in total. The molecule has 1 amide bonds. The fourth-order valence-electron chi connectivity index (χ4n) is 1.18. The van der Waals surface area contributed by atoms with Gasteiger partial charge in [0.15, 0.2) is 0 Å². The van der Waals surface area contributed by atoms with Crippen LogP contribution < -0.4 is 5.32 Å². The molecule has 2 unspecified atom stereocenters. The summed E-state index contributed by atoms with van der Waals surface area (Å²) in [6.45, 7) is 3.14. The molecule has 1 rings (SSSR count). The molecular weight excluding hydrogens is 208 g/mol. The highest BCUT2D eigenvalue weighted by Gasteiger charge is 2.20. The zero-order valence-corrected chi connectivity index (χ0v) is 9.18. The Balaban J connectivity index is 2.65. The number of carboxylic acids is 1. The molecule has 1 aromatic rings. The number of carboxylic acid groups (broad SMARTS) is 1. The highest BCUT2D eigenvalue weighted by atomic mass is 16.4. The standard InChI is InChI=1S/C11H14N2O3/c1-7(9-4-3-5-12-6-9)10(14)13-8(2)11(15)16/h3-8H,1-2H3,(H,13,14)(H,15,16). The van der Waals surface area contributed by atoms with Crippen LogP contribution in [0.3, 0.4) is 0 Å². The summed E-state index contributed by atoms with van der Waals surface area (Å²) in [5.74, 6) is -1.77. The molecule has 2 atom stereocenters. The summed E-state index contributed by atoms with van der Waals surface area (Å²) in [5.41, 5.74) is 0.762. The number of aromatic nitrogens is 1. The molecule has 0 aliphatic rings. The van der Waals surface area contributed by atoms with Gasteiger partial charge >= 0.3 is 5.97 Å². The molecule has 0 fully saturated rings. The van der Waals surface area contributed by atoms with E-state index in [1.807, 2.05) is 0 Å². The van der Waals surface area contributed by atoms with Crippen molar-refractivity contribution in [3.05, 3.63) is 30.1 Å². The Kier molecular flexibility index (Phi) is 3.99. The maximum absolute atomic E-state index is 11.7. The van der Waals surface area contributed by atoms with Gasteiger partial charge in [-0.1, -0.05) is 6.07 Å². The Labute approximate surface area is 93.5 Å². The lowest BCUT2D eigenvalue weighted by Gasteiger charge is -2.14. The van der Waals surface area contributed by atoms with E-state index >= 15 is 0 Å². The first-order chi connectivity index (χ1) is 7.52. The number of carbonyl (C=O) groups excluding carboxylic acids is 1. The van der Waals surface area contributed by atoms with Gasteiger partial charge in [0.1, 0.15) is 6.04 Å². The lowest BCUT2D eigenvalue weighted by molar-refractivity contribution is -0.141. The first-order valence-corrected chi connectivity index (χ1v) is 4.95. The summed E-state index contributed by atoms with van der Waals surface area (Å²) in [6.07, 6.45) is 3.21. The number of nitrogens with zero attached hydrogens (tertiary/aromatic N) is 1. The van der Waals surface area contributed by atoms with Crippen LogP contribution in [-0.2, 0) is 9.59 Å². The Morgan fingerprint density at radius 2 is 2.12 bits per heavy atom. The molecule has 5 heteroatoms. The fraction of sp³-hybridized carbons (Fsp3) is 0.364. The third-order valence-corrected chi connectivity index (χ3v) is 2.31. The predicted molar refractivity (Wildman–Crippen MR) is 57.9 cm³/mol. The Morgan fingerprint density at radius 1 is 1.44 bits per heavy atom. The van der Waals surface area contributed by atoms with Crippen LogP contribution in [0.25, 0.3) is 0 Å². The van der Waals surface area contributed by atoms with E-state index in [9.17, 15) is 9.59 Å². The van der Waals surface area contributed by atoms with Crippen molar-refractivity contribution < 1.29 is 14.7 Å². The summed E-state index contributed by atoms with van der Waals surface area (Å²) in [4.78, 5) is 26.1. The van der Waals surface area contributed by atoms with Gasteiger partial charge in [0.05, 0.1) is 5.92 Å². The van der Waals surface area contributed by atoms with Crippen LogP contribution in [0, 0.1) is 0 Å². The Hall–Kier alpha value is -1.91. The van der Waals surface area contributed by atoms with Crippen molar-refractivity contribution in [2.24, 2.45) is 0 Å². The molecule has 0 aliphatic carbocycles. The summed E-state index contributed by atoms with van der Waals surface area (Å²) in [6, 6.07) is 2.63. The number of carbonyl (C=O) groups is 2. The summed E-state index contributed by atoms with van der Waals surface area (Å²) in [5, 5.41) is 11.1. The van der Waals surface area contributed by atoms with Crippen LogP contribution in [0.2, 0.25) is 0 Å². The first kappa shape index (κ1) is 12.2. The van der Waals surface area contributed by atoms with E-state index in [-0.39, 0.29) is 5.91 Å². The second-order valence-electron chi connectivity index (χ2n) is 3.58. The zero-order chi connectivity index (χ0) is 12.1. The van der Waals surface area contributed by atoms with E-state index in [2.05, 4.69) is 10.3 Å². The Morgan fingerprint density at radius 3 is 2.62 bits per heavy atom. The fourth-order valence-corrected chi connectivity index (χ4v) is 1.18. The monoisotopic (exact) mass is 222 g/mol. The highest BCUT2D eigenvalue weighted by Crippen LogP contribution is 2.13. The number of hydrogen-bond donors (Lipinski definition) is 2. The number of hydrogen-bond acceptors (Lipinski definition) is 3. The molecule has 2 N–H and O–H groups in total. The lowest BCUT2D eigenvalue weighted by atomic mass is 10.0. The van der Waals surface area contributed by atoms with E-state index in [0.717, 1.165) is 5.56 Å². The molecule has 0 saturated heterocycles. The average molecular weight is 222 g/mol. The largest absolute Gasteiger partial charge is 0.480 e. The maximum atomic E-state index is 11.7. The van der Waals surface area contributed by atoms with Gasteiger partial charge in [0.25, 0.3) is 0 Å². The van der Waals surface area contributed by atoms with Gasteiger partial charge in [-0.05, 0) is 25.5 Å². The Bertz CT molecular complexity index is 378. The summed E-state index contributed by atoms with van der Waals surface area (Å²) >= 11 is 0. The van der Waals surface area contributed by atoms with Crippen molar-refractivity contribution >= 4 is 11.9 Å². The van der Waals surface area contributed by atoms with Gasteiger partial charge in [-0.2, -0.15) is 0 Å². The van der Waals surface area contributed by atoms with Crippen LogP contribution in [-0.4, -0.2) is 28.0 Å². The first-order valence-electron chi connectivity index (χ1n) is 4.95. The minimum atomic E-state index is -1.05. The number of amides is 1. The smallest absolute Gasteiger partial charge is 0.325 e. The topological polar surface area (TPSA) is 79.3 Å². The number of pyridine rings is 1. The SMILES string of the molecule is CC(NC(=O)C(C)c1cccnc1)C(=O)O. The number of aliphatic carboxylic acids is 1. The van der Waals surface area contributed by atoms with E-state index in [1.54, 1.807) is 31.5 Å². The maximum Gasteiger partial charge on any atom is 0.325 e. The van der Waals surface area contributed by atoms with Crippen LogP contribution >= 0.6 is 0 Å². The molecule has 1 heterocycles. The second-order valence-corrected chi connectivity index (χ2v) is 3.58. The molecule has 0 aromatic carbocycles. The van der Waals surface area contributed by atoms with Crippen molar-refractivity contribution in [2.75, 3.05) is 0 Å². The van der Waals surface area contributed by atoms with Gasteiger partial charge in [0.2, 0.25) is 5.91 Å². The number of rotatable bonds is 4. The molecule has 86 valence electrons. The van der Waals surface area contributed by atoms with Crippen molar-refractivity contribution in [3.63, 3.8) is 0 Å². The summed E-state index contributed by atoms with van der Waals surface area (Å²) < 4.78 is 0. The predicted octanol–water partition coefficient (Wildman–Crippen LogP) is 0.774. The van der Waals surface area contributed by atoms with E-state index in [4.69, 9.17) is 5.11 Å². The molecular formula is C11H14N2O3. The van der Waals surface area contributed by atoms with Gasteiger partial charge in [-0.3, -0.25) is 14.6 Å². The third-order valence-electron chi connectivity index (χ3n) is 2.31. The average Bonchev–Trinajstić information content (AvgIpc) is 2.28. The van der Waals surface area contributed by atoms with Gasteiger partial charge in [-0.15, -0.1) is 0 Å². The van der Waals surface area contributed by atoms with Crippen LogP contribution in [0.4, 0.5) is 0 Å². The molecule has 0 radical (unpaired) electrons. The van der Waals surface area contributed by atoms with Gasteiger partial charge in [0, 0.05) is 12.4 Å². The second kappa shape index (κ2) is 5.25. The minimum Gasteiger partial charge on any atom is -0.480 e. The van der Waals surface area contributed by atoms with Gasteiger partial charge < -0.3 is 10.4 Å². The van der Waals surface area contributed by atoms with Crippen LogP contribution in [0.1, 0.15) is 25.3 Å². The third kappa shape index (κ3) is 3.05. The van der Waals surface area contributed by atoms with Crippen molar-refractivity contribution in [2.45, 2.75) is 25.8 Å². The van der Waals surface area contributed by atoms with Crippen LogP contribution in [0.5, 0.6) is 0 Å². The molecule has 16 heavy (non-hydrogen) atoms. The molecule has 0 bridgehead atoms. The van der Waals surface area contributed by atoms with Crippen molar-refractivity contribution in [3.8, 4) is 0 Å². The quantitative estimate of drug-likeness (QED) is 0.788. The van der Waals surface area contributed by atoms with Gasteiger partial charge in [-0.25, -0.2) is 0 Å². The van der Waals surface area contributed by atoms with E-state index in [1.165, 1.54) is 6.92 Å². The lowest BCUT2D eigenvalue weighted by Crippen LogP contribution is -2.40. The normalized spacial score (nSPS) is 13.9. The van der Waals surface area contributed by atoms with Crippen molar-refractivity contribution in [1.29, 1.82) is 0 Å². The molecule has 0 saturated carbocycles. The summed E-state index contributed by atoms with van der Waals surface area (Å²) in [7, 11) is 0. The number of nitrogens with one attached hydrogen (secondary N) is 1. The van der Waals surface area contributed by atoms with E-state index < -0.39 is 17.9 Å². The van der Waals surface area contributed by atoms with Crippen molar-refractivity contribution in [1.82, 2.24) is 10.3 Å². The zero-order valence-electron chi connectivity index (χ0n) is 9.18. The van der Waals surface area contributed by atoms with E-state index in [0.29, 0.717) is 0 Å². The molecule has 0 spiro atoms. The van der Waals surface area contributed by atoms with Crippen LogP contribution in [0.15, 0.2) is 24.5 Å². The minimum absolute atomic E-state index is 0.317. The molecule has 1 aromatic heterocycles. The highest BCUT2D eigenvalue weighted by molar-refractivity contribution is 5.87.